The number of ether oxygens (including phenoxy) is 1. The van der Waals surface area contributed by atoms with E-state index in [0.29, 0.717) is 0 Å². The minimum absolute atomic E-state index is 0.153. The average Bonchev–Trinajstić information content (AvgIpc) is 2.86. The van der Waals surface area contributed by atoms with Crippen LogP contribution in [0.1, 0.15) is 5.56 Å². The fraction of sp³-hybridized carbons (Fsp3) is 0.176. The van der Waals surface area contributed by atoms with Crippen LogP contribution in [0, 0.1) is 6.92 Å². The molecule has 106 valence electrons. The van der Waals surface area contributed by atoms with Gasteiger partial charge in [0.2, 0.25) is 0 Å². The molecule has 3 rings (SSSR count). The van der Waals surface area contributed by atoms with Crippen molar-refractivity contribution in [2.45, 2.75) is 13.5 Å². The van der Waals surface area contributed by atoms with Gasteiger partial charge in [0.05, 0.1) is 18.1 Å². The second-order valence-corrected chi connectivity index (χ2v) is 4.90. The molecule has 4 heteroatoms. The maximum Gasteiger partial charge on any atom is 0.325 e. The standard InChI is InChI=1S/C17H16N2O2/c1-12-7-3-4-8-13(12)17-18-14-9-5-6-10-15(14)19(17)11-16(20)21-2/h3-10H,11H2,1-2H3. The number of fused-ring (bicyclic) bond motifs is 1. The van der Waals surface area contributed by atoms with E-state index in [1.807, 2.05) is 60.0 Å². The number of rotatable bonds is 3. The molecule has 0 atom stereocenters. The summed E-state index contributed by atoms with van der Waals surface area (Å²) in [6.45, 7) is 2.19. The molecule has 4 nitrogen and oxygen atoms in total. The molecule has 0 saturated heterocycles. The number of aryl methyl sites for hydroxylation is 1. The second-order valence-electron chi connectivity index (χ2n) is 4.90. The summed E-state index contributed by atoms with van der Waals surface area (Å²) in [7, 11) is 1.40. The van der Waals surface area contributed by atoms with E-state index >= 15 is 0 Å². The third kappa shape index (κ3) is 2.40. The van der Waals surface area contributed by atoms with Gasteiger partial charge < -0.3 is 9.30 Å². The normalized spacial score (nSPS) is 10.8. The predicted molar refractivity (Wildman–Crippen MR) is 81.9 cm³/mol. The van der Waals surface area contributed by atoms with Crippen LogP contribution in [0.4, 0.5) is 0 Å². The summed E-state index contributed by atoms with van der Waals surface area (Å²) in [5, 5.41) is 0. The Morgan fingerprint density at radius 1 is 1.14 bits per heavy atom. The predicted octanol–water partition coefficient (Wildman–Crippen LogP) is 3.18. The van der Waals surface area contributed by atoms with Crippen LogP contribution in [0.5, 0.6) is 0 Å². The highest BCUT2D eigenvalue weighted by Gasteiger charge is 2.16. The van der Waals surface area contributed by atoms with Crippen molar-refractivity contribution in [2.24, 2.45) is 0 Å². The summed E-state index contributed by atoms with van der Waals surface area (Å²) in [4.78, 5) is 16.4. The zero-order valence-corrected chi connectivity index (χ0v) is 12.0. The van der Waals surface area contributed by atoms with E-state index in [1.165, 1.54) is 7.11 Å². The molecule has 0 aliphatic rings. The number of carbonyl (C=O) groups excluding carboxylic acids is 1. The highest BCUT2D eigenvalue weighted by atomic mass is 16.5. The van der Waals surface area contributed by atoms with E-state index < -0.39 is 0 Å². The molecule has 0 N–H and O–H groups in total. The first-order valence-electron chi connectivity index (χ1n) is 6.79. The van der Waals surface area contributed by atoms with E-state index in [1.54, 1.807) is 0 Å². The molecule has 0 amide bonds. The van der Waals surface area contributed by atoms with Crippen molar-refractivity contribution in [2.75, 3.05) is 7.11 Å². The van der Waals surface area contributed by atoms with Gasteiger partial charge in [-0.15, -0.1) is 0 Å². The highest BCUT2D eigenvalue weighted by Crippen LogP contribution is 2.27. The van der Waals surface area contributed by atoms with Crippen LogP contribution in [0.2, 0.25) is 0 Å². The number of esters is 1. The van der Waals surface area contributed by atoms with Crippen molar-refractivity contribution >= 4 is 17.0 Å². The first kappa shape index (κ1) is 13.4. The van der Waals surface area contributed by atoms with Crippen molar-refractivity contribution in [1.29, 1.82) is 0 Å². The molecule has 0 saturated carbocycles. The van der Waals surface area contributed by atoms with E-state index in [-0.39, 0.29) is 12.5 Å². The van der Waals surface area contributed by atoms with Gasteiger partial charge in [0.25, 0.3) is 0 Å². The van der Waals surface area contributed by atoms with Crippen molar-refractivity contribution in [3.05, 3.63) is 54.1 Å². The van der Waals surface area contributed by atoms with Crippen molar-refractivity contribution in [3.63, 3.8) is 0 Å². The highest BCUT2D eigenvalue weighted by molar-refractivity contribution is 5.83. The second kappa shape index (κ2) is 5.40. The molecule has 0 radical (unpaired) electrons. The van der Waals surface area contributed by atoms with E-state index in [2.05, 4.69) is 4.98 Å². The van der Waals surface area contributed by atoms with Crippen molar-refractivity contribution < 1.29 is 9.53 Å². The number of methoxy groups -OCH3 is 1. The number of benzene rings is 2. The number of aromatic nitrogens is 2. The Kier molecular flexibility index (Phi) is 3.44. The number of hydrogen-bond acceptors (Lipinski definition) is 3. The van der Waals surface area contributed by atoms with E-state index in [0.717, 1.165) is 28.0 Å². The first-order chi connectivity index (χ1) is 10.2. The lowest BCUT2D eigenvalue weighted by Crippen LogP contribution is -2.12. The molecule has 2 aromatic carbocycles. The summed E-state index contributed by atoms with van der Waals surface area (Å²) in [5.41, 5.74) is 3.96. The Labute approximate surface area is 123 Å². The van der Waals surface area contributed by atoms with E-state index in [4.69, 9.17) is 4.74 Å². The molecule has 0 spiro atoms. The minimum Gasteiger partial charge on any atom is -0.468 e. The number of nitrogens with zero attached hydrogens (tertiary/aromatic N) is 2. The zero-order chi connectivity index (χ0) is 14.8. The molecule has 1 heterocycles. The monoisotopic (exact) mass is 280 g/mol. The summed E-state index contributed by atoms with van der Waals surface area (Å²) in [6, 6.07) is 15.8. The van der Waals surface area contributed by atoms with Gasteiger partial charge in [-0.3, -0.25) is 4.79 Å². The molecule has 0 aliphatic carbocycles. The van der Waals surface area contributed by atoms with Gasteiger partial charge in [0, 0.05) is 5.56 Å². The van der Waals surface area contributed by atoms with Crippen molar-refractivity contribution in [1.82, 2.24) is 9.55 Å². The van der Waals surface area contributed by atoms with Gasteiger partial charge >= 0.3 is 5.97 Å². The lowest BCUT2D eigenvalue weighted by Gasteiger charge is -2.09. The van der Waals surface area contributed by atoms with Crippen LogP contribution in [-0.2, 0) is 16.1 Å². The molecule has 0 fully saturated rings. The Hall–Kier alpha value is -2.62. The molecule has 1 aromatic heterocycles. The van der Waals surface area contributed by atoms with Gasteiger partial charge in [-0.1, -0.05) is 36.4 Å². The molecular weight excluding hydrogens is 264 g/mol. The van der Waals surface area contributed by atoms with Crippen molar-refractivity contribution in [3.8, 4) is 11.4 Å². The molecule has 0 unspecified atom stereocenters. The molecular formula is C17H16N2O2. The SMILES string of the molecule is COC(=O)Cn1c(-c2ccccc2C)nc2ccccc21. The Morgan fingerprint density at radius 2 is 1.86 bits per heavy atom. The van der Waals surface area contributed by atoms with Gasteiger partial charge in [-0.2, -0.15) is 0 Å². The summed E-state index contributed by atoms with van der Waals surface area (Å²) in [6.07, 6.45) is 0. The molecule has 21 heavy (non-hydrogen) atoms. The lowest BCUT2D eigenvalue weighted by atomic mass is 10.1. The minimum atomic E-state index is -0.284. The van der Waals surface area contributed by atoms with Crippen LogP contribution in [-0.4, -0.2) is 22.6 Å². The van der Waals surface area contributed by atoms with Crippen LogP contribution in [0.3, 0.4) is 0 Å². The van der Waals surface area contributed by atoms with Crippen LogP contribution >= 0.6 is 0 Å². The van der Waals surface area contributed by atoms with Gasteiger partial charge in [0.1, 0.15) is 12.4 Å². The van der Waals surface area contributed by atoms with Gasteiger partial charge in [-0.05, 0) is 24.6 Å². The van der Waals surface area contributed by atoms with Crippen LogP contribution in [0.15, 0.2) is 48.5 Å². The molecule has 0 bridgehead atoms. The number of carbonyl (C=O) groups is 1. The smallest absolute Gasteiger partial charge is 0.325 e. The zero-order valence-electron chi connectivity index (χ0n) is 12.0. The Morgan fingerprint density at radius 3 is 2.62 bits per heavy atom. The molecule has 0 aliphatic heterocycles. The number of para-hydroxylation sites is 2. The maximum atomic E-state index is 11.7. The summed E-state index contributed by atoms with van der Waals surface area (Å²) in [5.74, 6) is 0.507. The average molecular weight is 280 g/mol. The molecule has 3 aromatic rings. The van der Waals surface area contributed by atoms with Gasteiger partial charge in [0.15, 0.2) is 0 Å². The van der Waals surface area contributed by atoms with Crippen LogP contribution in [0.25, 0.3) is 22.4 Å². The third-order valence-corrected chi connectivity index (χ3v) is 3.56. The maximum absolute atomic E-state index is 11.7. The number of imidazole rings is 1. The fourth-order valence-corrected chi connectivity index (χ4v) is 2.46. The third-order valence-electron chi connectivity index (χ3n) is 3.56. The number of hydrogen-bond donors (Lipinski definition) is 0. The largest absolute Gasteiger partial charge is 0.468 e. The lowest BCUT2D eigenvalue weighted by molar-refractivity contribution is -0.141. The van der Waals surface area contributed by atoms with Gasteiger partial charge in [-0.25, -0.2) is 4.98 Å². The summed E-state index contributed by atoms with van der Waals surface area (Å²) < 4.78 is 6.71. The van der Waals surface area contributed by atoms with Crippen LogP contribution < -0.4 is 0 Å². The Bertz CT molecular complexity index is 805. The quantitative estimate of drug-likeness (QED) is 0.692. The Balaban J connectivity index is 2.24. The first-order valence-corrected chi connectivity index (χ1v) is 6.79. The van der Waals surface area contributed by atoms with E-state index in [9.17, 15) is 4.79 Å². The summed E-state index contributed by atoms with van der Waals surface area (Å²) >= 11 is 0. The topological polar surface area (TPSA) is 44.1 Å². The fourth-order valence-electron chi connectivity index (χ4n) is 2.46.